The van der Waals surface area contributed by atoms with Gasteiger partial charge in [-0.1, -0.05) is 18.2 Å². The largest absolute Gasteiger partial charge is 0.457 e. The van der Waals surface area contributed by atoms with E-state index in [4.69, 9.17) is 9.47 Å². The van der Waals surface area contributed by atoms with Crippen LogP contribution in [0, 0.1) is 0 Å². The first kappa shape index (κ1) is 26.8. The second-order valence-electron chi connectivity index (χ2n) is 10.4. The lowest BCUT2D eigenvalue weighted by atomic mass is 10.2. The number of nitrogens with zero attached hydrogens (tertiary/aromatic N) is 6. The monoisotopic (exact) mass is 585 g/mol. The van der Waals surface area contributed by atoms with Crippen molar-refractivity contribution >= 4 is 50.7 Å². The Bertz CT molecular complexity index is 1580. The lowest BCUT2D eigenvalue weighted by Gasteiger charge is -2.36. The Kier molecular flexibility index (Phi) is 7.43. The predicted molar refractivity (Wildman–Crippen MR) is 161 cm³/mol. The first-order valence-electron chi connectivity index (χ1n) is 14.2. The summed E-state index contributed by atoms with van der Waals surface area (Å²) in [6.45, 7) is 8.51. The zero-order chi connectivity index (χ0) is 28.5. The summed E-state index contributed by atoms with van der Waals surface area (Å²) in [5, 5.41) is 3.65. The number of hydrogen-bond acceptors (Lipinski definition) is 9. The van der Waals surface area contributed by atoms with E-state index in [1.807, 2.05) is 59.5 Å². The Labute approximate surface area is 247 Å². The van der Waals surface area contributed by atoms with E-state index >= 15 is 0 Å². The molecule has 2 saturated heterocycles. The van der Waals surface area contributed by atoms with Gasteiger partial charge in [0.1, 0.15) is 27.5 Å². The summed E-state index contributed by atoms with van der Waals surface area (Å²) >= 11 is 1.30. The molecule has 0 atom stereocenters. The lowest BCUT2D eigenvalue weighted by molar-refractivity contribution is 0.0294. The molecule has 0 bridgehead atoms. The van der Waals surface area contributed by atoms with Crippen LogP contribution in [0.1, 0.15) is 9.67 Å². The first-order chi connectivity index (χ1) is 20.6. The molecule has 5 heterocycles. The number of nitrogens with one attached hydrogen (secondary N) is 1. The van der Waals surface area contributed by atoms with Crippen molar-refractivity contribution in [2.45, 2.75) is 0 Å². The summed E-state index contributed by atoms with van der Waals surface area (Å²) in [6.07, 6.45) is 1.44. The second-order valence-corrected chi connectivity index (χ2v) is 11.4. The van der Waals surface area contributed by atoms with Crippen LogP contribution in [0.25, 0.3) is 10.2 Å². The van der Waals surface area contributed by atoms with Crippen molar-refractivity contribution in [1.29, 1.82) is 0 Å². The Morgan fingerprint density at radius 2 is 1.57 bits per heavy atom. The number of urea groups is 1. The number of benzene rings is 2. The van der Waals surface area contributed by atoms with Crippen LogP contribution in [0.4, 0.5) is 22.0 Å². The maximum absolute atomic E-state index is 13.7. The highest BCUT2D eigenvalue weighted by Crippen LogP contribution is 2.45. The van der Waals surface area contributed by atoms with E-state index in [9.17, 15) is 9.59 Å². The van der Waals surface area contributed by atoms with Crippen molar-refractivity contribution < 1.29 is 19.1 Å². The van der Waals surface area contributed by atoms with Crippen molar-refractivity contribution in [3.05, 3.63) is 65.8 Å². The number of anilines is 3. The Hall–Kier alpha value is -4.10. The van der Waals surface area contributed by atoms with Gasteiger partial charge in [-0.3, -0.25) is 14.6 Å². The van der Waals surface area contributed by atoms with Crippen molar-refractivity contribution in [3.63, 3.8) is 0 Å². The van der Waals surface area contributed by atoms with Gasteiger partial charge in [0.25, 0.3) is 5.91 Å². The van der Waals surface area contributed by atoms with Gasteiger partial charge in [-0.25, -0.2) is 19.7 Å². The van der Waals surface area contributed by atoms with Gasteiger partial charge in [-0.15, -0.1) is 11.3 Å². The number of rotatable bonds is 7. The van der Waals surface area contributed by atoms with Gasteiger partial charge in [-0.05, 0) is 36.4 Å². The van der Waals surface area contributed by atoms with Crippen LogP contribution in [0.5, 0.6) is 11.5 Å². The van der Waals surface area contributed by atoms with Crippen molar-refractivity contribution in [2.24, 2.45) is 0 Å². The molecule has 216 valence electrons. The van der Waals surface area contributed by atoms with E-state index < -0.39 is 0 Å². The van der Waals surface area contributed by atoms with Crippen LogP contribution in [-0.2, 0) is 4.74 Å². The highest BCUT2D eigenvalue weighted by Gasteiger charge is 2.35. The lowest BCUT2D eigenvalue weighted by Crippen LogP contribution is -2.51. The number of thiophene rings is 1. The molecule has 4 aromatic rings. The van der Waals surface area contributed by atoms with Gasteiger partial charge in [-0.2, -0.15) is 0 Å². The molecule has 2 fully saturated rings. The molecule has 1 N–H and O–H groups in total. The number of carbonyl (C=O) groups is 2. The molecule has 2 aromatic carbocycles. The maximum Gasteiger partial charge on any atom is 0.332 e. The van der Waals surface area contributed by atoms with Gasteiger partial charge in [0, 0.05) is 52.4 Å². The predicted octanol–water partition coefficient (Wildman–Crippen LogP) is 4.26. The summed E-state index contributed by atoms with van der Waals surface area (Å²) in [5.74, 6) is 1.76. The van der Waals surface area contributed by atoms with Crippen LogP contribution in [0.2, 0.25) is 0 Å². The molecule has 0 unspecified atom stereocenters. The topological polar surface area (TPSA) is 103 Å². The highest BCUT2D eigenvalue weighted by molar-refractivity contribution is 7.21. The molecule has 42 heavy (non-hydrogen) atoms. The fourth-order valence-electron chi connectivity index (χ4n) is 5.57. The van der Waals surface area contributed by atoms with E-state index in [2.05, 4.69) is 25.1 Å². The van der Waals surface area contributed by atoms with Crippen LogP contribution < -0.4 is 15.0 Å². The minimum atomic E-state index is -0.375. The van der Waals surface area contributed by atoms with Gasteiger partial charge in [0.15, 0.2) is 5.82 Å². The minimum absolute atomic E-state index is 0.0806. The summed E-state index contributed by atoms with van der Waals surface area (Å²) in [4.78, 5) is 45.5. The molecular formula is C30H31N7O4S. The van der Waals surface area contributed by atoms with Crippen molar-refractivity contribution in [3.8, 4) is 11.5 Å². The van der Waals surface area contributed by atoms with E-state index in [1.165, 1.54) is 22.6 Å². The van der Waals surface area contributed by atoms with Gasteiger partial charge < -0.3 is 19.7 Å². The number of ether oxygens (including phenoxy) is 2. The number of hydrogen-bond donors (Lipinski definition) is 1. The van der Waals surface area contributed by atoms with Gasteiger partial charge >= 0.3 is 6.03 Å². The Balaban J connectivity index is 1.07. The summed E-state index contributed by atoms with van der Waals surface area (Å²) in [7, 11) is 0. The molecule has 0 radical (unpaired) electrons. The summed E-state index contributed by atoms with van der Waals surface area (Å²) in [6, 6.07) is 16.4. The fraction of sp³-hybridized carbons (Fsp3) is 0.333. The summed E-state index contributed by atoms with van der Waals surface area (Å²) < 4.78 is 11.3. The van der Waals surface area contributed by atoms with E-state index in [1.54, 1.807) is 0 Å². The molecule has 2 aromatic heterocycles. The summed E-state index contributed by atoms with van der Waals surface area (Å²) in [5.41, 5.74) is 1.13. The van der Waals surface area contributed by atoms with E-state index in [-0.39, 0.29) is 11.9 Å². The number of para-hydroxylation sites is 1. The molecule has 12 heteroatoms. The van der Waals surface area contributed by atoms with Crippen LogP contribution in [0.15, 0.2) is 60.9 Å². The smallest absolute Gasteiger partial charge is 0.332 e. The molecule has 0 spiro atoms. The quantitative estimate of drug-likeness (QED) is 0.343. The molecule has 11 nitrogen and oxygen atoms in total. The number of amides is 3. The van der Waals surface area contributed by atoms with E-state index in [0.29, 0.717) is 51.1 Å². The van der Waals surface area contributed by atoms with Gasteiger partial charge in [0.2, 0.25) is 0 Å². The second kappa shape index (κ2) is 11.6. The number of carbonyl (C=O) groups excluding carboxylic acids is 2. The molecule has 3 amide bonds. The molecule has 0 saturated carbocycles. The molecular weight excluding hydrogens is 554 g/mol. The standard InChI is InChI=1S/C30H31N7O4S/c38-29(36-14-12-34(13-15-36)10-11-35-16-18-40-19-17-35)26-25-24-27(31-20-32-28(24)42-26)37(30(39)33-25)21-6-8-23(9-7-21)41-22-4-2-1-3-5-22/h1-9,20H,10-19H2,(H,33,39). The molecule has 0 aliphatic carbocycles. The highest BCUT2D eigenvalue weighted by atomic mass is 32.1. The third-order valence-corrected chi connectivity index (χ3v) is 8.96. The van der Waals surface area contributed by atoms with Crippen LogP contribution in [-0.4, -0.2) is 102 Å². The number of aromatic nitrogens is 2. The zero-order valence-electron chi connectivity index (χ0n) is 23.1. The Morgan fingerprint density at radius 1 is 0.881 bits per heavy atom. The maximum atomic E-state index is 13.7. The normalized spacial score (nSPS) is 17.9. The van der Waals surface area contributed by atoms with Crippen LogP contribution >= 0.6 is 11.3 Å². The SMILES string of the molecule is O=C(c1sc2ncnc3c2c1NC(=O)N3c1ccc(Oc2ccccc2)cc1)N1CCN(CCN2CCOCC2)CC1. The number of piperazine rings is 1. The zero-order valence-corrected chi connectivity index (χ0v) is 23.9. The molecule has 3 aliphatic heterocycles. The van der Waals surface area contributed by atoms with Crippen molar-refractivity contribution in [2.75, 3.05) is 75.8 Å². The van der Waals surface area contributed by atoms with E-state index in [0.717, 1.165) is 58.2 Å². The third-order valence-electron chi connectivity index (χ3n) is 7.88. The fourth-order valence-corrected chi connectivity index (χ4v) is 6.63. The van der Waals surface area contributed by atoms with Gasteiger partial charge in [0.05, 0.1) is 30.0 Å². The molecule has 7 rings (SSSR count). The number of morpholine rings is 1. The minimum Gasteiger partial charge on any atom is -0.457 e. The Morgan fingerprint density at radius 3 is 2.31 bits per heavy atom. The molecule has 3 aliphatic rings. The first-order valence-corrected chi connectivity index (χ1v) is 15.0. The third kappa shape index (κ3) is 5.29. The average Bonchev–Trinajstić information content (AvgIpc) is 3.41. The average molecular weight is 586 g/mol. The van der Waals surface area contributed by atoms with Crippen LogP contribution in [0.3, 0.4) is 0 Å². The van der Waals surface area contributed by atoms with Crippen molar-refractivity contribution in [1.82, 2.24) is 24.7 Å².